The minimum absolute atomic E-state index is 0.692. The van der Waals surface area contributed by atoms with Gasteiger partial charge in [0, 0.05) is 24.6 Å². The summed E-state index contributed by atoms with van der Waals surface area (Å²) in [5, 5.41) is 0. The van der Waals surface area contributed by atoms with Gasteiger partial charge < -0.3 is 19.8 Å². The molecule has 0 atom stereocenters. The van der Waals surface area contributed by atoms with Crippen LogP contribution in [0.2, 0.25) is 0 Å². The zero-order valence-electron chi connectivity index (χ0n) is 13.1. The topological polar surface area (TPSA) is 62.3 Å². The number of methoxy groups -OCH3 is 2. The zero-order valence-corrected chi connectivity index (χ0v) is 13.1. The third-order valence-electron chi connectivity index (χ3n) is 3.51. The van der Waals surface area contributed by atoms with Gasteiger partial charge in [-0.1, -0.05) is 13.8 Å². The minimum Gasteiger partial charge on any atom is -0.497 e. The molecule has 5 heteroatoms. The molecule has 1 heterocycles. The smallest absolute Gasteiger partial charge is 0.132 e. The van der Waals surface area contributed by atoms with Gasteiger partial charge in [-0.25, -0.2) is 4.98 Å². The van der Waals surface area contributed by atoms with Crippen molar-refractivity contribution in [3.8, 4) is 22.8 Å². The highest BCUT2D eigenvalue weighted by Gasteiger charge is 2.18. The van der Waals surface area contributed by atoms with Crippen LogP contribution < -0.4 is 15.2 Å². The van der Waals surface area contributed by atoms with Gasteiger partial charge in [-0.3, -0.25) is 0 Å². The molecule has 0 aliphatic carbocycles. The Labute approximate surface area is 125 Å². The van der Waals surface area contributed by atoms with Crippen molar-refractivity contribution in [3.05, 3.63) is 24.0 Å². The lowest BCUT2D eigenvalue weighted by Gasteiger charge is -2.10. The molecule has 0 unspecified atom stereocenters. The maximum absolute atomic E-state index is 6.31. The van der Waals surface area contributed by atoms with Gasteiger partial charge in [-0.05, 0) is 18.6 Å². The van der Waals surface area contributed by atoms with Crippen LogP contribution in [0.25, 0.3) is 11.3 Å². The average Bonchev–Trinajstić information content (AvgIpc) is 2.83. The minimum atomic E-state index is 0.692. The molecule has 0 bridgehead atoms. The fourth-order valence-corrected chi connectivity index (χ4v) is 2.45. The molecule has 114 valence electrons. The van der Waals surface area contributed by atoms with E-state index in [9.17, 15) is 0 Å². The average molecular weight is 289 g/mol. The number of imidazole rings is 1. The first-order valence-corrected chi connectivity index (χ1v) is 7.23. The Kier molecular flexibility index (Phi) is 4.73. The molecule has 5 nitrogen and oxygen atoms in total. The number of rotatable bonds is 6. The summed E-state index contributed by atoms with van der Waals surface area (Å²) < 4.78 is 12.8. The van der Waals surface area contributed by atoms with Crippen LogP contribution in [0.5, 0.6) is 11.5 Å². The number of nitrogens with two attached hydrogens (primary N) is 1. The highest BCUT2D eigenvalue weighted by molar-refractivity contribution is 5.77. The van der Waals surface area contributed by atoms with Crippen LogP contribution in [0.1, 0.15) is 26.1 Å². The number of benzene rings is 1. The van der Waals surface area contributed by atoms with Gasteiger partial charge in [-0.2, -0.15) is 0 Å². The highest BCUT2D eigenvalue weighted by Crippen LogP contribution is 2.36. The van der Waals surface area contributed by atoms with Crippen LogP contribution in [0.3, 0.4) is 0 Å². The molecule has 1 aromatic carbocycles. The first kappa shape index (κ1) is 15.2. The summed E-state index contributed by atoms with van der Waals surface area (Å²) in [6.45, 7) is 5.09. The number of hydrogen-bond acceptors (Lipinski definition) is 4. The number of nitrogens with zero attached hydrogens (tertiary/aromatic N) is 2. The Hall–Kier alpha value is -2.17. The zero-order chi connectivity index (χ0) is 15.4. The number of hydrogen-bond donors (Lipinski definition) is 1. The van der Waals surface area contributed by atoms with E-state index in [4.69, 9.17) is 20.2 Å². The molecule has 2 rings (SSSR count). The molecule has 0 aliphatic rings. The summed E-state index contributed by atoms with van der Waals surface area (Å²) in [7, 11) is 3.27. The monoisotopic (exact) mass is 289 g/mol. The third-order valence-corrected chi connectivity index (χ3v) is 3.51. The van der Waals surface area contributed by atoms with E-state index in [0.29, 0.717) is 11.6 Å². The lowest BCUT2D eigenvalue weighted by atomic mass is 10.1. The van der Waals surface area contributed by atoms with E-state index in [-0.39, 0.29) is 0 Å². The molecular formula is C16H23N3O2. The van der Waals surface area contributed by atoms with Gasteiger partial charge in [-0.15, -0.1) is 0 Å². The second-order valence-electron chi connectivity index (χ2n) is 4.83. The van der Waals surface area contributed by atoms with Crippen LogP contribution in [0, 0.1) is 0 Å². The van der Waals surface area contributed by atoms with Crippen molar-refractivity contribution >= 4 is 5.82 Å². The molecule has 0 amide bonds. The molecule has 0 saturated heterocycles. The molecule has 2 N–H and O–H groups in total. The van der Waals surface area contributed by atoms with Crippen LogP contribution in [0.15, 0.2) is 18.2 Å². The fourth-order valence-electron chi connectivity index (χ4n) is 2.45. The first-order chi connectivity index (χ1) is 10.2. The van der Waals surface area contributed by atoms with E-state index in [1.165, 1.54) is 0 Å². The van der Waals surface area contributed by atoms with Crippen molar-refractivity contribution in [1.82, 2.24) is 9.55 Å². The van der Waals surface area contributed by atoms with Gasteiger partial charge >= 0.3 is 0 Å². The van der Waals surface area contributed by atoms with E-state index in [1.807, 2.05) is 18.2 Å². The predicted octanol–water partition coefficient (Wildman–Crippen LogP) is 3.12. The summed E-state index contributed by atoms with van der Waals surface area (Å²) in [6, 6.07) is 5.67. The second-order valence-corrected chi connectivity index (χ2v) is 4.83. The Bertz CT molecular complexity index is 620. The Morgan fingerprint density at radius 3 is 2.52 bits per heavy atom. The van der Waals surface area contributed by atoms with Gasteiger partial charge in [0.25, 0.3) is 0 Å². The van der Waals surface area contributed by atoms with Crippen LogP contribution in [-0.2, 0) is 13.0 Å². The molecule has 0 saturated carbocycles. The fraction of sp³-hybridized carbons (Fsp3) is 0.438. The molecule has 0 spiro atoms. The number of ether oxygens (including phenoxy) is 2. The summed E-state index contributed by atoms with van der Waals surface area (Å²) in [4.78, 5) is 4.70. The third kappa shape index (κ3) is 2.82. The van der Waals surface area contributed by atoms with Crippen LogP contribution in [0.4, 0.5) is 5.82 Å². The standard InChI is InChI=1S/C16H23N3O2/c1-5-9-19-14(6-2)18-15(16(19)17)12-8-7-11(20-3)10-13(12)21-4/h7-8,10H,5-6,9,17H2,1-4H3. The normalized spacial score (nSPS) is 10.7. The summed E-state index contributed by atoms with van der Waals surface area (Å²) in [5.74, 6) is 3.15. The summed E-state index contributed by atoms with van der Waals surface area (Å²) in [6.07, 6.45) is 1.87. The van der Waals surface area contributed by atoms with Gasteiger partial charge in [0.05, 0.1) is 14.2 Å². The van der Waals surface area contributed by atoms with Gasteiger partial charge in [0.2, 0.25) is 0 Å². The quantitative estimate of drug-likeness (QED) is 0.887. The van der Waals surface area contributed by atoms with Crippen LogP contribution in [-0.4, -0.2) is 23.8 Å². The van der Waals surface area contributed by atoms with E-state index < -0.39 is 0 Å². The van der Waals surface area contributed by atoms with Crippen molar-refractivity contribution in [2.45, 2.75) is 33.2 Å². The molecule has 2 aromatic rings. The number of nitrogen functional groups attached to an aromatic ring is 1. The van der Waals surface area contributed by atoms with Gasteiger partial charge in [0.15, 0.2) is 0 Å². The number of aryl methyl sites for hydroxylation is 1. The lowest BCUT2D eigenvalue weighted by Crippen LogP contribution is -2.06. The SMILES string of the molecule is CCCn1c(CC)nc(-c2ccc(OC)cc2OC)c1N. The largest absolute Gasteiger partial charge is 0.497 e. The summed E-state index contributed by atoms with van der Waals surface area (Å²) in [5.41, 5.74) is 7.97. The van der Waals surface area contributed by atoms with Crippen molar-refractivity contribution in [2.75, 3.05) is 20.0 Å². The highest BCUT2D eigenvalue weighted by atomic mass is 16.5. The second kappa shape index (κ2) is 6.52. The Morgan fingerprint density at radius 2 is 1.95 bits per heavy atom. The van der Waals surface area contributed by atoms with E-state index in [1.54, 1.807) is 14.2 Å². The Balaban J connectivity index is 2.56. The predicted molar refractivity (Wildman–Crippen MR) is 84.8 cm³/mol. The van der Waals surface area contributed by atoms with Crippen molar-refractivity contribution in [1.29, 1.82) is 0 Å². The maximum Gasteiger partial charge on any atom is 0.132 e. The van der Waals surface area contributed by atoms with E-state index >= 15 is 0 Å². The maximum atomic E-state index is 6.31. The number of aromatic nitrogens is 2. The molecule has 0 fully saturated rings. The number of anilines is 1. The molecular weight excluding hydrogens is 266 g/mol. The molecule has 1 aromatic heterocycles. The van der Waals surface area contributed by atoms with Crippen molar-refractivity contribution in [3.63, 3.8) is 0 Å². The van der Waals surface area contributed by atoms with Crippen molar-refractivity contribution in [2.24, 2.45) is 0 Å². The van der Waals surface area contributed by atoms with Crippen molar-refractivity contribution < 1.29 is 9.47 Å². The van der Waals surface area contributed by atoms with E-state index in [0.717, 1.165) is 42.2 Å². The molecule has 0 radical (unpaired) electrons. The Morgan fingerprint density at radius 1 is 1.19 bits per heavy atom. The lowest BCUT2D eigenvalue weighted by molar-refractivity contribution is 0.395. The first-order valence-electron chi connectivity index (χ1n) is 7.23. The van der Waals surface area contributed by atoms with E-state index in [2.05, 4.69) is 18.4 Å². The van der Waals surface area contributed by atoms with Crippen LogP contribution >= 0.6 is 0 Å². The molecule has 21 heavy (non-hydrogen) atoms. The van der Waals surface area contributed by atoms with Gasteiger partial charge in [0.1, 0.15) is 28.8 Å². The summed E-state index contributed by atoms with van der Waals surface area (Å²) >= 11 is 0. The molecule has 0 aliphatic heterocycles.